The number of hydrogen-bond donors (Lipinski definition) is 1. The molecule has 0 bridgehead atoms. The first kappa shape index (κ1) is 20.1. The van der Waals surface area contributed by atoms with Crippen molar-refractivity contribution in [1.82, 2.24) is 9.88 Å². The summed E-state index contributed by atoms with van der Waals surface area (Å²) in [4.78, 5) is 20.7. The molecule has 5 nitrogen and oxygen atoms in total. The second-order valence-corrected chi connectivity index (χ2v) is 5.60. The van der Waals surface area contributed by atoms with Crippen LogP contribution < -0.4 is 10.6 Å². The minimum absolute atomic E-state index is 0. The van der Waals surface area contributed by atoms with Crippen LogP contribution in [-0.2, 0) is 0 Å². The molecule has 7 heteroatoms. The maximum Gasteiger partial charge on any atom is 0.272 e. The minimum atomic E-state index is -0.0242. The highest BCUT2D eigenvalue weighted by molar-refractivity contribution is 5.92. The molecule has 1 aromatic carbocycles. The Morgan fingerprint density at radius 2 is 1.79 bits per heavy atom. The molecule has 0 spiro atoms. The third-order valence-electron chi connectivity index (χ3n) is 3.94. The summed E-state index contributed by atoms with van der Waals surface area (Å²) < 4.78 is 0. The summed E-state index contributed by atoms with van der Waals surface area (Å²) in [5, 5.41) is 0. The lowest BCUT2D eigenvalue weighted by molar-refractivity contribution is 0.0741. The molecule has 0 saturated carbocycles. The van der Waals surface area contributed by atoms with Gasteiger partial charge in [0.2, 0.25) is 0 Å². The molecule has 0 aliphatic carbocycles. The Kier molecular flexibility index (Phi) is 7.32. The molecule has 130 valence electrons. The van der Waals surface area contributed by atoms with Crippen LogP contribution in [0.2, 0.25) is 0 Å². The number of anilines is 2. The van der Waals surface area contributed by atoms with Gasteiger partial charge in [0.05, 0.1) is 11.9 Å². The van der Waals surface area contributed by atoms with Gasteiger partial charge in [0.25, 0.3) is 5.91 Å². The molecule has 2 heterocycles. The van der Waals surface area contributed by atoms with Gasteiger partial charge < -0.3 is 15.5 Å². The molecule has 1 saturated heterocycles. The SMILES string of the molecule is Cc1cccc(N2CCN(C(=O)c3ccc(N)cn3)CC2)c1.Cl.Cl. The molecule has 2 aromatic rings. The van der Waals surface area contributed by atoms with Crippen molar-refractivity contribution in [1.29, 1.82) is 0 Å². The molecule has 0 atom stereocenters. The van der Waals surface area contributed by atoms with Crippen LogP contribution in [0, 0.1) is 6.92 Å². The lowest BCUT2D eigenvalue weighted by atomic mass is 10.2. The van der Waals surface area contributed by atoms with Crippen molar-refractivity contribution < 1.29 is 4.79 Å². The molecule has 1 fully saturated rings. The fourth-order valence-corrected chi connectivity index (χ4v) is 2.69. The molecular weight excluding hydrogens is 347 g/mol. The van der Waals surface area contributed by atoms with E-state index in [1.807, 2.05) is 4.90 Å². The summed E-state index contributed by atoms with van der Waals surface area (Å²) in [6, 6.07) is 11.9. The number of piperazine rings is 1. The Balaban J connectivity index is 0.00000144. The summed E-state index contributed by atoms with van der Waals surface area (Å²) in [5.74, 6) is -0.0242. The molecule has 24 heavy (non-hydrogen) atoms. The highest BCUT2D eigenvalue weighted by Gasteiger charge is 2.23. The smallest absolute Gasteiger partial charge is 0.272 e. The summed E-state index contributed by atoms with van der Waals surface area (Å²) in [5.41, 5.74) is 9.10. The van der Waals surface area contributed by atoms with Crippen molar-refractivity contribution in [3.63, 3.8) is 0 Å². The Labute approximate surface area is 154 Å². The molecule has 0 radical (unpaired) electrons. The zero-order valence-corrected chi connectivity index (χ0v) is 15.1. The first-order valence-electron chi connectivity index (χ1n) is 7.46. The van der Waals surface area contributed by atoms with Crippen LogP contribution in [-0.4, -0.2) is 42.0 Å². The Morgan fingerprint density at radius 3 is 2.38 bits per heavy atom. The van der Waals surface area contributed by atoms with E-state index in [4.69, 9.17) is 5.73 Å². The normalized spacial score (nSPS) is 13.7. The number of benzene rings is 1. The number of nitrogens with two attached hydrogens (primary N) is 1. The zero-order valence-electron chi connectivity index (χ0n) is 13.5. The largest absolute Gasteiger partial charge is 0.397 e. The average Bonchev–Trinajstić information content (AvgIpc) is 2.55. The molecule has 1 aliphatic rings. The van der Waals surface area contributed by atoms with Crippen LogP contribution >= 0.6 is 24.8 Å². The number of hydrogen-bond acceptors (Lipinski definition) is 4. The van der Waals surface area contributed by atoms with Crippen molar-refractivity contribution in [2.75, 3.05) is 36.8 Å². The van der Waals surface area contributed by atoms with E-state index in [0.29, 0.717) is 24.5 Å². The van der Waals surface area contributed by atoms with Crippen molar-refractivity contribution in [3.8, 4) is 0 Å². The molecule has 1 amide bonds. The van der Waals surface area contributed by atoms with Gasteiger partial charge >= 0.3 is 0 Å². The number of pyridine rings is 1. The van der Waals surface area contributed by atoms with Gasteiger partial charge in [-0.05, 0) is 36.8 Å². The number of carbonyl (C=O) groups excluding carboxylic acids is 1. The van der Waals surface area contributed by atoms with Crippen LogP contribution in [0.5, 0.6) is 0 Å². The van der Waals surface area contributed by atoms with E-state index < -0.39 is 0 Å². The highest BCUT2D eigenvalue weighted by Crippen LogP contribution is 2.18. The molecule has 0 unspecified atom stereocenters. The van der Waals surface area contributed by atoms with Crippen LogP contribution in [0.3, 0.4) is 0 Å². The van der Waals surface area contributed by atoms with Gasteiger partial charge in [-0.15, -0.1) is 24.8 Å². The maximum absolute atomic E-state index is 12.4. The van der Waals surface area contributed by atoms with Crippen molar-refractivity contribution >= 4 is 42.1 Å². The number of nitrogens with zero attached hydrogens (tertiary/aromatic N) is 3. The fraction of sp³-hybridized carbons (Fsp3) is 0.294. The van der Waals surface area contributed by atoms with Gasteiger partial charge in [-0.3, -0.25) is 4.79 Å². The van der Waals surface area contributed by atoms with Gasteiger partial charge in [0.1, 0.15) is 5.69 Å². The number of rotatable bonds is 2. The Morgan fingerprint density at radius 1 is 1.08 bits per heavy atom. The maximum atomic E-state index is 12.4. The van der Waals surface area contributed by atoms with Crippen LogP contribution in [0.15, 0.2) is 42.6 Å². The van der Waals surface area contributed by atoms with Crippen molar-refractivity contribution in [2.24, 2.45) is 0 Å². The van der Waals surface area contributed by atoms with Crippen LogP contribution in [0.25, 0.3) is 0 Å². The van der Waals surface area contributed by atoms with Gasteiger partial charge in [-0.25, -0.2) is 4.98 Å². The average molecular weight is 369 g/mol. The highest BCUT2D eigenvalue weighted by atomic mass is 35.5. The summed E-state index contributed by atoms with van der Waals surface area (Å²) in [6.07, 6.45) is 1.52. The van der Waals surface area contributed by atoms with E-state index in [0.717, 1.165) is 13.1 Å². The minimum Gasteiger partial charge on any atom is -0.397 e. The number of nitrogen functional groups attached to an aromatic ring is 1. The van der Waals surface area contributed by atoms with E-state index in [1.54, 1.807) is 12.1 Å². The van der Waals surface area contributed by atoms with Gasteiger partial charge in [0.15, 0.2) is 0 Å². The van der Waals surface area contributed by atoms with Gasteiger partial charge in [-0.1, -0.05) is 12.1 Å². The summed E-state index contributed by atoms with van der Waals surface area (Å²) in [7, 11) is 0. The topological polar surface area (TPSA) is 62.5 Å². The fourth-order valence-electron chi connectivity index (χ4n) is 2.69. The summed E-state index contributed by atoms with van der Waals surface area (Å²) >= 11 is 0. The van der Waals surface area contributed by atoms with Gasteiger partial charge in [0, 0.05) is 31.9 Å². The number of aromatic nitrogens is 1. The summed E-state index contributed by atoms with van der Waals surface area (Å²) in [6.45, 7) is 5.18. The second-order valence-electron chi connectivity index (χ2n) is 5.60. The lowest BCUT2D eigenvalue weighted by Gasteiger charge is -2.36. The number of amides is 1. The molecular formula is C17H22Cl2N4O. The number of aryl methyl sites for hydroxylation is 1. The third-order valence-corrected chi connectivity index (χ3v) is 3.94. The quantitative estimate of drug-likeness (QED) is 0.884. The van der Waals surface area contributed by atoms with Crippen molar-refractivity contribution in [3.05, 3.63) is 53.9 Å². The second kappa shape index (κ2) is 8.76. The predicted molar refractivity (Wildman–Crippen MR) is 102 cm³/mol. The molecule has 3 rings (SSSR count). The van der Waals surface area contributed by atoms with Crippen molar-refractivity contribution in [2.45, 2.75) is 6.92 Å². The third kappa shape index (κ3) is 4.52. The van der Waals surface area contributed by atoms with E-state index in [-0.39, 0.29) is 30.7 Å². The van der Waals surface area contributed by atoms with E-state index in [1.165, 1.54) is 17.4 Å². The number of halogens is 2. The Bertz CT molecular complexity index is 671. The molecule has 1 aromatic heterocycles. The van der Waals surface area contributed by atoms with Gasteiger partial charge in [-0.2, -0.15) is 0 Å². The number of carbonyl (C=O) groups is 1. The lowest BCUT2D eigenvalue weighted by Crippen LogP contribution is -2.49. The van der Waals surface area contributed by atoms with E-state index in [9.17, 15) is 4.79 Å². The van der Waals surface area contributed by atoms with Crippen LogP contribution in [0.1, 0.15) is 16.1 Å². The predicted octanol–water partition coefficient (Wildman–Crippen LogP) is 2.78. The van der Waals surface area contributed by atoms with E-state index >= 15 is 0 Å². The Hall–Kier alpha value is -1.98. The zero-order chi connectivity index (χ0) is 15.5. The van der Waals surface area contributed by atoms with Crippen LogP contribution in [0.4, 0.5) is 11.4 Å². The monoisotopic (exact) mass is 368 g/mol. The van der Waals surface area contributed by atoms with E-state index in [2.05, 4.69) is 41.1 Å². The first-order valence-corrected chi connectivity index (χ1v) is 7.46. The first-order chi connectivity index (χ1) is 10.6. The molecule has 1 aliphatic heterocycles. The molecule has 2 N–H and O–H groups in total. The standard InChI is InChI=1S/C17H20N4O.2ClH/c1-13-3-2-4-15(11-13)20-7-9-21(10-8-20)17(22)16-6-5-14(18)12-19-16;;/h2-6,11-12H,7-10,18H2,1H3;2*1H.